The minimum Gasteiger partial charge on any atom is -0.493 e. The number of aromatic carboxylic acids is 1. The Bertz CT molecular complexity index is 1470. The first-order valence-electron chi connectivity index (χ1n) is 11.9. The van der Waals surface area contributed by atoms with Crippen molar-refractivity contribution in [2.75, 3.05) is 25.1 Å². The third kappa shape index (κ3) is 6.14. The Balaban J connectivity index is 1.13. The number of carboxylic acid groups (broad SMARTS) is 1. The lowest BCUT2D eigenvalue weighted by atomic mass is 10.2. The zero-order valence-electron chi connectivity index (χ0n) is 20.5. The van der Waals surface area contributed by atoms with Crippen molar-refractivity contribution in [3.05, 3.63) is 84.1 Å². The Morgan fingerprint density at radius 1 is 0.974 bits per heavy atom. The number of amides is 1. The summed E-state index contributed by atoms with van der Waals surface area (Å²) in [6.45, 7) is 1.27. The van der Waals surface area contributed by atoms with Crippen molar-refractivity contribution in [3.8, 4) is 11.5 Å². The van der Waals surface area contributed by atoms with Crippen molar-refractivity contribution < 1.29 is 24.2 Å². The van der Waals surface area contributed by atoms with E-state index in [1.54, 1.807) is 48.9 Å². The molecule has 0 aliphatic carbocycles. The van der Waals surface area contributed by atoms with Crippen molar-refractivity contribution in [1.29, 1.82) is 0 Å². The van der Waals surface area contributed by atoms with Crippen LogP contribution in [0.5, 0.6) is 11.5 Å². The van der Waals surface area contributed by atoms with E-state index in [9.17, 15) is 9.59 Å². The third-order valence-corrected chi connectivity index (χ3v) is 5.87. The summed E-state index contributed by atoms with van der Waals surface area (Å²) in [6.07, 6.45) is 7.79. The average Bonchev–Trinajstić information content (AvgIpc) is 3.73. The number of hydrogen-bond donors (Lipinski definition) is 4. The smallest absolute Gasteiger partial charge is 0.335 e. The van der Waals surface area contributed by atoms with Gasteiger partial charge in [0.05, 0.1) is 24.6 Å². The molecule has 0 bridgehead atoms. The highest BCUT2D eigenvalue weighted by Gasteiger charge is 2.32. The Morgan fingerprint density at radius 3 is 2.33 bits per heavy atom. The van der Waals surface area contributed by atoms with Gasteiger partial charge in [-0.3, -0.25) is 10.1 Å². The van der Waals surface area contributed by atoms with E-state index in [2.05, 4.69) is 35.9 Å². The van der Waals surface area contributed by atoms with Crippen LogP contribution in [0.25, 0.3) is 0 Å². The normalized spacial score (nSPS) is 15.8. The number of imidazole rings is 1. The molecule has 1 atom stereocenters. The van der Waals surface area contributed by atoms with Crippen LogP contribution in [0.4, 0.5) is 11.8 Å². The van der Waals surface area contributed by atoms with Gasteiger partial charge >= 0.3 is 5.97 Å². The number of aliphatic imine (C=N–C) groups is 1. The zero-order valence-corrected chi connectivity index (χ0v) is 20.5. The molecule has 0 spiro atoms. The maximum Gasteiger partial charge on any atom is 0.335 e. The van der Waals surface area contributed by atoms with Gasteiger partial charge < -0.3 is 19.6 Å². The van der Waals surface area contributed by atoms with E-state index in [0.717, 1.165) is 11.6 Å². The van der Waals surface area contributed by atoms with Gasteiger partial charge in [-0.05, 0) is 59.0 Å². The number of carbonyl (C=O) groups excluding carboxylic acids is 1. The van der Waals surface area contributed by atoms with Gasteiger partial charge in [0.1, 0.15) is 36.7 Å². The summed E-state index contributed by atoms with van der Waals surface area (Å²) in [6, 6.07) is 13.0. The Labute approximate surface area is 221 Å². The topological polar surface area (TPSA) is 180 Å². The SMILES string of the molecule is O=C(O)c1ccc(OCCc2nc([N+]3(CCOc4ccc(C(=O)Nc5nnn[nH]5)cc4)C=CN=C3)c[nH]2)cc1. The summed E-state index contributed by atoms with van der Waals surface area (Å²) < 4.78 is 11.9. The fraction of sp³-hybridized carbons (Fsp3) is 0.160. The molecule has 4 N–H and O–H groups in total. The predicted molar refractivity (Wildman–Crippen MR) is 140 cm³/mol. The highest BCUT2D eigenvalue weighted by atomic mass is 16.5. The quantitative estimate of drug-likeness (QED) is 0.200. The molecule has 1 amide bonds. The van der Waals surface area contributed by atoms with Crippen molar-refractivity contribution in [2.45, 2.75) is 6.42 Å². The van der Waals surface area contributed by atoms with Crippen LogP contribution in [0.3, 0.4) is 0 Å². The maximum atomic E-state index is 12.3. The number of carbonyl (C=O) groups is 2. The molecule has 5 rings (SSSR count). The second-order valence-electron chi connectivity index (χ2n) is 8.43. The summed E-state index contributed by atoms with van der Waals surface area (Å²) in [7, 11) is 0. The molecule has 0 radical (unpaired) electrons. The molecule has 0 fully saturated rings. The average molecular weight is 531 g/mol. The molecule has 2 aromatic heterocycles. The number of nitrogens with one attached hydrogen (secondary N) is 3. The molecule has 2 aromatic carbocycles. The standard InChI is InChI=1S/C25H23N9O5/c35-23(29-25-30-32-33-31-25)17-1-5-20(6-2-17)39-14-12-34(11-10-26-16-34)22-15-27-21(28-22)9-13-38-19-7-3-18(4-8-19)24(36)37/h1-8,10-11,15-16H,9,12-14H2,(H3-,27,28,29,30,31,32,33,35,36,37)/p+1. The number of rotatable bonds is 12. The first-order valence-corrected chi connectivity index (χ1v) is 11.9. The number of anilines is 1. The number of nitrogens with zero attached hydrogens (tertiary/aromatic N) is 6. The van der Waals surface area contributed by atoms with E-state index in [4.69, 9.17) is 19.6 Å². The van der Waals surface area contributed by atoms with Gasteiger partial charge in [0, 0.05) is 12.0 Å². The van der Waals surface area contributed by atoms with Gasteiger partial charge in [-0.1, -0.05) is 5.10 Å². The van der Waals surface area contributed by atoms with Crippen LogP contribution in [-0.4, -0.2) is 73.7 Å². The number of tetrazole rings is 1. The molecule has 14 heteroatoms. The lowest BCUT2D eigenvalue weighted by molar-refractivity contribution is 0.0696. The molecule has 39 heavy (non-hydrogen) atoms. The van der Waals surface area contributed by atoms with Crippen molar-refractivity contribution in [1.82, 2.24) is 35.1 Å². The molecule has 1 aliphatic rings. The van der Waals surface area contributed by atoms with Crippen LogP contribution in [-0.2, 0) is 6.42 Å². The molecule has 4 aromatic rings. The number of aromatic amines is 2. The molecular weight excluding hydrogens is 506 g/mol. The second-order valence-corrected chi connectivity index (χ2v) is 8.43. The first-order chi connectivity index (χ1) is 19.0. The lowest BCUT2D eigenvalue weighted by Crippen LogP contribution is -2.44. The summed E-state index contributed by atoms with van der Waals surface area (Å²) in [5, 5.41) is 24.5. The van der Waals surface area contributed by atoms with E-state index in [1.807, 2.05) is 12.4 Å². The third-order valence-electron chi connectivity index (χ3n) is 5.87. The number of ether oxygens (including phenoxy) is 2. The Hall–Kier alpha value is -5.37. The summed E-state index contributed by atoms with van der Waals surface area (Å²) in [5.74, 6) is 1.53. The van der Waals surface area contributed by atoms with E-state index >= 15 is 0 Å². The number of hydrogen-bond acceptors (Lipinski definition) is 9. The van der Waals surface area contributed by atoms with Crippen LogP contribution in [0.2, 0.25) is 0 Å². The number of carboxylic acids is 1. The highest BCUT2D eigenvalue weighted by Crippen LogP contribution is 2.24. The lowest BCUT2D eigenvalue weighted by Gasteiger charge is -2.24. The molecule has 3 heterocycles. The molecule has 1 aliphatic heterocycles. The number of benzene rings is 2. The summed E-state index contributed by atoms with van der Waals surface area (Å²) in [4.78, 5) is 35.4. The summed E-state index contributed by atoms with van der Waals surface area (Å²) in [5.41, 5.74) is 0.639. The van der Waals surface area contributed by atoms with Crippen LogP contribution in [0.1, 0.15) is 26.5 Å². The van der Waals surface area contributed by atoms with Gasteiger partial charge in [-0.2, -0.15) is 4.98 Å². The van der Waals surface area contributed by atoms with E-state index in [1.165, 1.54) is 12.1 Å². The number of H-pyrrole nitrogens is 2. The van der Waals surface area contributed by atoms with E-state index in [-0.39, 0.29) is 21.9 Å². The van der Waals surface area contributed by atoms with Gasteiger partial charge in [0.15, 0.2) is 0 Å². The van der Waals surface area contributed by atoms with E-state index in [0.29, 0.717) is 43.2 Å². The molecular formula is C25H24N9O5+. The largest absolute Gasteiger partial charge is 0.493 e. The van der Waals surface area contributed by atoms with Crippen molar-refractivity contribution >= 4 is 30.0 Å². The van der Waals surface area contributed by atoms with E-state index < -0.39 is 5.97 Å². The molecule has 0 saturated heterocycles. The maximum absolute atomic E-state index is 12.3. The van der Waals surface area contributed by atoms with Crippen LogP contribution < -0.4 is 19.3 Å². The first kappa shape index (κ1) is 25.3. The van der Waals surface area contributed by atoms with Gasteiger partial charge in [0.25, 0.3) is 11.7 Å². The van der Waals surface area contributed by atoms with Gasteiger partial charge in [-0.15, -0.1) is 0 Å². The van der Waals surface area contributed by atoms with Crippen molar-refractivity contribution in [2.24, 2.45) is 4.99 Å². The minimum atomic E-state index is -0.980. The zero-order chi connectivity index (χ0) is 27.1. The van der Waals surface area contributed by atoms with Crippen molar-refractivity contribution in [3.63, 3.8) is 0 Å². The molecule has 0 saturated carbocycles. The summed E-state index contributed by atoms with van der Waals surface area (Å²) >= 11 is 0. The number of aromatic nitrogens is 6. The molecule has 198 valence electrons. The van der Waals surface area contributed by atoms with Gasteiger partial charge in [-0.25, -0.2) is 19.4 Å². The highest BCUT2D eigenvalue weighted by molar-refractivity contribution is 6.03. The van der Waals surface area contributed by atoms with Crippen LogP contribution in [0.15, 0.2) is 72.1 Å². The fourth-order valence-electron chi connectivity index (χ4n) is 3.80. The molecule has 1 unspecified atom stereocenters. The van der Waals surface area contributed by atoms with Crippen LogP contribution in [0, 0.1) is 0 Å². The van der Waals surface area contributed by atoms with Gasteiger partial charge in [0.2, 0.25) is 12.3 Å². The second kappa shape index (κ2) is 11.4. The molecule has 14 nitrogen and oxygen atoms in total. The minimum absolute atomic E-state index is 0.163. The Kier molecular flexibility index (Phi) is 7.36. The fourth-order valence-corrected chi connectivity index (χ4v) is 3.80. The van der Waals surface area contributed by atoms with Crippen LogP contribution >= 0.6 is 0 Å². The number of quaternary nitrogens is 1. The predicted octanol–water partition coefficient (Wildman–Crippen LogP) is 2.39. The monoisotopic (exact) mass is 530 g/mol. The Morgan fingerprint density at radius 2 is 1.69 bits per heavy atom.